The van der Waals surface area contributed by atoms with Crippen molar-refractivity contribution in [1.82, 2.24) is 0 Å². The van der Waals surface area contributed by atoms with Crippen molar-refractivity contribution in [2.75, 3.05) is 0 Å². The van der Waals surface area contributed by atoms with Crippen molar-refractivity contribution < 1.29 is 5.11 Å². The Labute approximate surface area is 62.4 Å². The zero-order valence-corrected chi connectivity index (χ0v) is 6.59. The van der Waals surface area contributed by atoms with E-state index in [0.717, 1.165) is 12.3 Å². The Morgan fingerprint density at radius 1 is 1.60 bits per heavy atom. The van der Waals surface area contributed by atoms with Crippen molar-refractivity contribution in [3.8, 4) is 0 Å². The maximum Gasteiger partial charge on any atom is 0.0691 e. The molecule has 0 spiro atoms. The van der Waals surface area contributed by atoms with Crippen LogP contribution in [-0.4, -0.2) is 17.3 Å². The lowest BCUT2D eigenvalue weighted by molar-refractivity contribution is 0.0996. The minimum atomic E-state index is -0.273. The van der Waals surface area contributed by atoms with E-state index in [2.05, 4.69) is 0 Å². The minimum absolute atomic E-state index is 0.0550. The van der Waals surface area contributed by atoms with Gasteiger partial charge in [0.2, 0.25) is 0 Å². The van der Waals surface area contributed by atoms with Crippen LogP contribution in [0.4, 0.5) is 0 Å². The summed E-state index contributed by atoms with van der Waals surface area (Å²) in [6.45, 7) is 1.86. The summed E-state index contributed by atoms with van der Waals surface area (Å²) in [6.07, 6.45) is 4.58. The number of hydrogen-bond donors (Lipinski definition) is 2. The fourth-order valence-corrected chi connectivity index (χ4v) is 1.28. The number of aliphatic hydroxyl groups is 1. The molecule has 0 aromatic heterocycles. The van der Waals surface area contributed by atoms with Crippen LogP contribution in [0.2, 0.25) is 0 Å². The number of nitrogens with two attached hydrogens (primary N) is 1. The second-order valence-corrected chi connectivity index (χ2v) is 3.46. The molecule has 1 fully saturated rings. The highest BCUT2D eigenvalue weighted by Gasteiger charge is 2.22. The predicted molar refractivity (Wildman–Crippen MR) is 41.6 cm³/mol. The Bertz CT molecular complexity index is 99.4. The van der Waals surface area contributed by atoms with Crippen LogP contribution in [0, 0.1) is 5.92 Å². The smallest absolute Gasteiger partial charge is 0.0691 e. The third-order valence-electron chi connectivity index (χ3n) is 2.41. The topological polar surface area (TPSA) is 46.2 Å². The lowest BCUT2D eigenvalue weighted by Crippen LogP contribution is -2.34. The summed E-state index contributed by atoms with van der Waals surface area (Å²) in [5, 5.41) is 9.34. The van der Waals surface area contributed by atoms with Gasteiger partial charge in [0.15, 0.2) is 0 Å². The summed E-state index contributed by atoms with van der Waals surface area (Å²) in [5.41, 5.74) is 5.51. The van der Waals surface area contributed by atoms with Gasteiger partial charge >= 0.3 is 0 Å². The molecule has 1 aliphatic rings. The van der Waals surface area contributed by atoms with E-state index in [1.165, 1.54) is 19.3 Å². The molecule has 2 atom stereocenters. The highest BCUT2D eigenvalue weighted by Crippen LogP contribution is 2.30. The predicted octanol–water partition coefficient (Wildman–Crippen LogP) is 0.885. The molecule has 1 aliphatic carbocycles. The van der Waals surface area contributed by atoms with Gasteiger partial charge in [-0.25, -0.2) is 0 Å². The summed E-state index contributed by atoms with van der Waals surface area (Å²) in [6, 6.07) is -0.0550. The highest BCUT2D eigenvalue weighted by atomic mass is 16.3. The third kappa shape index (κ3) is 1.96. The molecule has 0 aromatic rings. The van der Waals surface area contributed by atoms with Crippen LogP contribution in [-0.2, 0) is 0 Å². The molecule has 0 aromatic carbocycles. The van der Waals surface area contributed by atoms with Crippen LogP contribution >= 0.6 is 0 Å². The third-order valence-corrected chi connectivity index (χ3v) is 2.41. The van der Waals surface area contributed by atoms with Crippen molar-refractivity contribution in [3.63, 3.8) is 0 Å². The Morgan fingerprint density at radius 2 is 2.20 bits per heavy atom. The number of aliphatic hydroxyl groups excluding tert-OH is 1. The largest absolute Gasteiger partial charge is 0.392 e. The van der Waals surface area contributed by atoms with E-state index in [9.17, 15) is 5.11 Å². The highest BCUT2D eigenvalue weighted by molar-refractivity contribution is 4.76. The molecule has 0 bridgehead atoms. The molecule has 2 heteroatoms. The average molecular weight is 143 g/mol. The van der Waals surface area contributed by atoms with Gasteiger partial charge in [0.1, 0.15) is 0 Å². The minimum Gasteiger partial charge on any atom is -0.392 e. The first-order valence-corrected chi connectivity index (χ1v) is 4.14. The summed E-state index contributed by atoms with van der Waals surface area (Å²) in [4.78, 5) is 0. The summed E-state index contributed by atoms with van der Waals surface area (Å²) >= 11 is 0. The van der Waals surface area contributed by atoms with Gasteiger partial charge in [0.05, 0.1) is 6.10 Å². The van der Waals surface area contributed by atoms with E-state index in [4.69, 9.17) is 5.73 Å². The molecule has 2 nitrogen and oxygen atoms in total. The van der Waals surface area contributed by atoms with Gasteiger partial charge in [-0.2, -0.15) is 0 Å². The number of rotatable bonds is 3. The Balaban J connectivity index is 2.10. The monoisotopic (exact) mass is 143 g/mol. The molecule has 0 aliphatic heterocycles. The summed E-state index contributed by atoms with van der Waals surface area (Å²) in [7, 11) is 0. The van der Waals surface area contributed by atoms with Gasteiger partial charge in [0.25, 0.3) is 0 Å². The van der Waals surface area contributed by atoms with Crippen LogP contribution in [0.1, 0.15) is 32.6 Å². The van der Waals surface area contributed by atoms with Gasteiger partial charge < -0.3 is 10.8 Å². The van der Waals surface area contributed by atoms with Crippen molar-refractivity contribution >= 4 is 0 Å². The molecule has 0 saturated heterocycles. The Morgan fingerprint density at radius 3 is 2.50 bits per heavy atom. The molecule has 0 amide bonds. The summed E-state index contributed by atoms with van der Waals surface area (Å²) in [5.74, 6) is 0.765. The second-order valence-electron chi connectivity index (χ2n) is 3.46. The van der Waals surface area contributed by atoms with Crippen LogP contribution < -0.4 is 5.73 Å². The molecule has 0 radical (unpaired) electrons. The van der Waals surface area contributed by atoms with Gasteiger partial charge in [-0.3, -0.25) is 0 Å². The molecule has 60 valence electrons. The van der Waals surface area contributed by atoms with Crippen LogP contribution in [0.25, 0.3) is 0 Å². The van der Waals surface area contributed by atoms with Gasteiger partial charge in [-0.05, 0) is 19.3 Å². The standard InChI is InChI=1S/C8H17NO/c1-6(9)8(10)5-7-3-2-4-7/h6-8,10H,2-5,9H2,1H3/t6-,8-/m1/s1. The Hall–Kier alpha value is -0.0800. The maximum absolute atomic E-state index is 9.34. The van der Waals surface area contributed by atoms with E-state index >= 15 is 0 Å². The molecular weight excluding hydrogens is 126 g/mol. The summed E-state index contributed by atoms with van der Waals surface area (Å²) < 4.78 is 0. The van der Waals surface area contributed by atoms with E-state index in [1.54, 1.807) is 0 Å². The first kappa shape index (κ1) is 8.02. The van der Waals surface area contributed by atoms with Crippen LogP contribution in [0.3, 0.4) is 0 Å². The lowest BCUT2D eigenvalue weighted by Gasteiger charge is -2.28. The first-order valence-electron chi connectivity index (χ1n) is 4.14. The molecule has 1 saturated carbocycles. The molecule has 10 heavy (non-hydrogen) atoms. The average Bonchev–Trinajstić information content (AvgIpc) is 1.77. The maximum atomic E-state index is 9.34. The van der Waals surface area contributed by atoms with Gasteiger partial charge in [0, 0.05) is 6.04 Å². The van der Waals surface area contributed by atoms with E-state index in [1.807, 2.05) is 6.92 Å². The van der Waals surface area contributed by atoms with Crippen molar-refractivity contribution in [3.05, 3.63) is 0 Å². The van der Waals surface area contributed by atoms with Crippen molar-refractivity contribution in [2.45, 2.75) is 44.8 Å². The first-order chi connectivity index (χ1) is 4.70. The molecule has 1 rings (SSSR count). The van der Waals surface area contributed by atoms with E-state index in [-0.39, 0.29) is 12.1 Å². The van der Waals surface area contributed by atoms with Crippen LogP contribution in [0.5, 0.6) is 0 Å². The molecule has 0 unspecified atom stereocenters. The fourth-order valence-electron chi connectivity index (χ4n) is 1.28. The van der Waals surface area contributed by atoms with Crippen LogP contribution in [0.15, 0.2) is 0 Å². The number of hydrogen-bond acceptors (Lipinski definition) is 2. The Kier molecular flexibility index (Phi) is 2.69. The zero-order valence-electron chi connectivity index (χ0n) is 6.59. The lowest BCUT2D eigenvalue weighted by atomic mass is 9.80. The molecular formula is C8H17NO. The van der Waals surface area contributed by atoms with E-state index in [0.29, 0.717) is 0 Å². The van der Waals surface area contributed by atoms with Crippen molar-refractivity contribution in [1.29, 1.82) is 0 Å². The van der Waals surface area contributed by atoms with Gasteiger partial charge in [-0.1, -0.05) is 19.3 Å². The normalized spacial score (nSPS) is 25.5. The second kappa shape index (κ2) is 3.35. The zero-order chi connectivity index (χ0) is 7.56. The van der Waals surface area contributed by atoms with Gasteiger partial charge in [-0.15, -0.1) is 0 Å². The van der Waals surface area contributed by atoms with Crippen molar-refractivity contribution in [2.24, 2.45) is 11.7 Å². The molecule has 3 N–H and O–H groups in total. The molecule has 0 heterocycles. The quantitative estimate of drug-likeness (QED) is 0.616. The SMILES string of the molecule is C[C@@H](N)[C@H](O)CC1CCC1. The van der Waals surface area contributed by atoms with E-state index < -0.39 is 0 Å². The fraction of sp³-hybridized carbons (Fsp3) is 1.00.